The zero-order valence-corrected chi connectivity index (χ0v) is 56.6. The monoisotopic (exact) mass is 1440 g/mol. The zero-order valence-electron chi connectivity index (χ0n) is 45.3. The summed E-state index contributed by atoms with van der Waals surface area (Å²) < 4.78 is 21.8. The average Bonchev–Trinajstić information content (AvgIpc) is 3.58. The Bertz CT molecular complexity index is 3410. The van der Waals surface area contributed by atoms with Gasteiger partial charge in [0, 0.05) is 76.5 Å². The van der Waals surface area contributed by atoms with Crippen LogP contribution in [-0.2, 0) is 33.5 Å². The van der Waals surface area contributed by atoms with Gasteiger partial charge in [0.15, 0.2) is 0 Å². The molecule has 464 valence electrons. The number of aliphatic carboxylic acids is 1. The number of aromatic nitrogens is 6. The van der Waals surface area contributed by atoms with Crippen LogP contribution in [0.15, 0.2) is 164 Å². The van der Waals surface area contributed by atoms with Gasteiger partial charge in [-0.05, 0) is 129 Å². The SMILES string of the molecule is C.C.C.C.C.CCOC(=O)C(Br)c1ccc(Cl)cc1.CCOC(=O)C(Oc1ccc(Cl)cc1-c1ccn[nH]1)c1ccc(Cl)cc1.O=C(O)C(Oc1ccc(Cl)cc1-c1ccn[nH]1)c1ccc(Cl)cc1.O=CO[O-].Oc1ccc(Cl)cc1-c1ccn[nH]1.[H-].[K+].[K+]. The number of ether oxygens (including phenoxy) is 4. The maximum Gasteiger partial charge on any atom is 1.00 e. The molecule has 0 bridgehead atoms. The molecule has 18 nitrogen and oxygen atoms in total. The number of carbonyl (C=O) groups excluding carboxylic acids is 3. The summed E-state index contributed by atoms with van der Waals surface area (Å²) in [6.45, 7) is 3.98. The van der Waals surface area contributed by atoms with Crippen molar-refractivity contribution in [1.82, 2.24) is 30.6 Å². The van der Waals surface area contributed by atoms with E-state index in [9.17, 15) is 24.6 Å². The van der Waals surface area contributed by atoms with E-state index in [0.29, 0.717) is 81.8 Å². The molecule has 9 rings (SSSR count). The molecule has 3 aromatic heterocycles. The summed E-state index contributed by atoms with van der Waals surface area (Å²) in [6, 6.07) is 40.7. The van der Waals surface area contributed by atoms with Crippen LogP contribution in [0, 0.1) is 0 Å². The van der Waals surface area contributed by atoms with Crippen LogP contribution in [0.5, 0.6) is 17.2 Å². The molecule has 5 N–H and O–H groups in total. The number of nitrogens with one attached hydrogen (secondary N) is 3. The van der Waals surface area contributed by atoms with Crippen molar-refractivity contribution in [2.24, 2.45) is 0 Å². The van der Waals surface area contributed by atoms with Crippen molar-refractivity contribution in [2.75, 3.05) is 13.2 Å². The van der Waals surface area contributed by atoms with E-state index in [1.165, 1.54) is 0 Å². The van der Waals surface area contributed by atoms with Gasteiger partial charge in [0.25, 0.3) is 6.47 Å². The second-order valence-corrected chi connectivity index (χ2v) is 19.4. The Kier molecular flexibility index (Phi) is 46.6. The summed E-state index contributed by atoms with van der Waals surface area (Å²) in [7, 11) is 0. The molecular weight excluding hydrogens is 1380 g/mol. The van der Waals surface area contributed by atoms with Gasteiger partial charge in [-0.1, -0.05) is 159 Å². The Balaban J connectivity index is -0.000000532. The minimum absolute atomic E-state index is 0. The van der Waals surface area contributed by atoms with Gasteiger partial charge >= 0.3 is 121 Å². The molecule has 0 aliphatic carbocycles. The maximum absolute atomic E-state index is 12.5. The van der Waals surface area contributed by atoms with Crippen LogP contribution < -0.4 is 118 Å². The van der Waals surface area contributed by atoms with E-state index in [1.807, 2.05) is 0 Å². The first kappa shape index (κ1) is 87.9. The number of hydrogen-bond acceptors (Lipinski definition) is 14. The second kappa shape index (κ2) is 46.7. The molecule has 0 aliphatic rings. The number of carbonyl (C=O) groups is 4. The molecule has 0 saturated carbocycles. The number of aromatic hydroxyl groups is 1. The van der Waals surface area contributed by atoms with Gasteiger partial charge in [-0.3, -0.25) is 24.9 Å². The van der Waals surface area contributed by atoms with Crippen molar-refractivity contribution in [3.05, 3.63) is 211 Å². The van der Waals surface area contributed by atoms with Crippen molar-refractivity contribution >= 4 is 110 Å². The molecule has 0 saturated heterocycles. The molecule has 88 heavy (non-hydrogen) atoms. The molecule has 0 radical (unpaired) electrons. The van der Waals surface area contributed by atoms with Crippen LogP contribution in [-0.4, -0.2) is 78.4 Å². The third-order valence-electron chi connectivity index (χ3n) is 10.5. The quantitative estimate of drug-likeness (QED) is 0.0150. The number of carboxylic acids is 1. The summed E-state index contributed by atoms with van der Waals surface area (Å²) in [5, 5.41) is 50.9. The standard InChI is InChI=1S/C19H16Cl2N2O3.C17H12Cl2N2O3.C10H10BrClO2.C9H7ClN2O.CH2O3.5CH4.2K.H/c1-2-25-19(24)18(12-3-5-13(20)6-4-12)26-17-8-7-14(21)11-15(17)16-9-10-22-23-16;18-11-3-1-10(2-4-11)16(17(22)23)24-15-6-5-12(19)9-13(15)14-7-8-20-21-14;1-2-14-10(13)9(11)7-3-5-8(12)6-4-7;10-6-1-2-9(13)7(5-6)8-3-4-11-12-8;2-1-4-3;;;;;;;;/h3-11,18H,2H2,1H3,(H,22,23);1-9,16H,(H,20,21)(H,22,23);3-6,9H,2H2,1H3;1-5,13H,(H,11,12);1,3H;5*1H4;;;/q;;;;;;;;;;2*+1;-1/p-1. The Hall–Kier alpha value is -4.32. The van der Waals surface area contributed by atoms with Crippen molar-refractivity contribution in [2.45, 2.75) is 68.0 Å². The molecule has 0 fully saturated rings. The maximum atomic E-state index is 12.5. The molecular formula is C61H67BrCl6K2N6O12. The predicted octanol–water partition coefficient (Wildman–Crippen LogP) is 11.2. The molecule has 27 heteroatoms. The van der Waals surface area contributed by atoms with Crippen molar-refractivity contribution in [1.29, 1.82) is 0 Å². The van der Waals surface area contributed by atoms with Crippen LogP contribution in [0.1, 0.15) is 86.1 Å². The Morgan fingerprint density at radius 1 is 0.523 bits per heavy atom. The molecule has 0 amide bonds. The second-order valence-electron chi connectivity index (χ2n) is 15.9. The number of halogens is 7. The molecule has 3 heterocycles. The smallest absolute Gasteiger partial charge is 1.00 e. The first-order valence-electron chi connectivity index (χ1n) is 23.6. The summed E-state index contributed by atoms with van der Waals surface area (Å²) in [6.07, 6.45) is 2.73. The van der Waals surface area contributed by atoms with Gasteiger partial charge in [-0.25, -0.2) is 9.59 Å². The molecule has 6 aromatic carbocycles. The van der Waals surface area contributed by atoms with E-state index in [-0.39, 0.29) is 166 Å². The summed E-state index contributed by atoms with van der Waals surface area (Å²) in [5.74, 6) is -0.829. The third kappa shape index (κ3) is 28.5. The van der Waals surface area contributed by atoms with Crippen LogP contribution in [0.3, 0.4) is 0 Å². The fourth-order valence-electron chi connectivity index (χ4n) is 6.82. The number of nitrogens with zero attached hydrogens (tertiary/aromatic N) is 3. The number of carboxylic acid groups (broad SMARTS) is 1. The van der Waals surface area contributed by atoms with E-state index in [1.54, 1.807) is 178 Å². The summed E-state index contributed by atoms with van der Waals surface area (Å²) in [4.78, 5) is 46.3. The molecule has 3 unspecified atom stereocenters. The Labute approximate surface area is 638 Å². The van der Waals surface area contributed by atoms with Crippen molar-refractivity contribution in [3.8, 4) is 51.0 Å². The first-order chi connectivity index (χ1) is 39.0. The molecule has 0 aliphatic heterocycles. The normalized spacial score (nSPS) is 10.4. The fourth-order valence-corrected chi connectivity index (χ4v) is 8.15. The van der Waals surface area contributed by atoms with Crippen molar-refractivity contribution < 1.29 is 163 Å². The number of rotatable bonds is 16. The fraction of sp³-hybridized carbons (Fsp3) is 0.197. The third-order valence-corrected chi connectivity index (χ3v) is 12.8. The van der Waals surface area contributed by atoms with E-state index in [0.717, 1.165) is 17.0 Å². The van der Waals surface area contributed by atoms with Crippen LogP contribution >= 0.6 is 85.5 Å². The van der Waals surface area contributed by atoms with Gasteiger partial charge < -0.3 is 40.7 Å². The largest absolute Gasteiger partial charge is 1.00 e. The van der Waals surface area contributed by atoms with E-state index < -0.39 is 29.0 Å². The molecule has 3 atom stereocenters. The number of alkyl halides is 1. The van der Waals surface area contributed by atoms with Gasteiger partial charge in [-0.2, -0.15) is 15.3 Å². The molecule has 9 aromatic rings. The molecule has 0 spiro atoms. The minimum atomic E-state index is -1.18. The predicted molar refractivity (Wildman–Crippen MR) is 344 cm³/mol. The number of benzene rings is 6. The number of H-pyrrole nitrogens is 3. The zero-order chi connectivity index (χ0) is 58.8. The number of esters is 2. The van der Waals surface area contributed by atoms with E-state index in [2.05, 4.69) is 51.4 Å². The van der Waals surface area contributed by atoms with E-state index in [4.69, 9.17) is 98.6 Å². The van der Waals surface area contributed by atoms with Gasteiger partial charge in [0.1, 0.15) is 22.1 Å². The van der Waals surface area contributed by atoms with Crippen LogP contribution in [0.2, 0.25) is 30.1 Å². The number of phenols is 1. The van der Waals surface area contributed by atoms with Crippen LogP contribution in [0.25, 0.3) is 33.8 Å². The van der Waals surface area contributed by atoms with Crippen molar-refractivity contribution in [3.63, 3.8) is 0 Å². The first-order valence-corrected chi connectivity index (χ1v) is 26.7. The van der Waals surface area contributed by atoms with Gasteiger partial charge in [0.2, 0.25) is 12.2 Å². The van der Waals surface area contributed by atoms with Crippen LogP contribution in [0.4, 0.5) is 0 Å². The number of hydrogen-bond donors (Lipinski definition) is 5. The Morgan fingerprint density at radius 2 is 0.841 bits per heavy atom. The van der Waals surface area contributed by atoms with Gasteiger partial charge in [0.05, 0.1) is 30.3 Å². The summed E-state index contributed by atoms with van der Waals surface area (Å²) >= 11 is 38.7. The topological polar surface area (TPSA) is 264 Å². The van der Waals surface area contributed by atoms with Gasteiger partial charge in [-0.15, -0.1) is 0 Å². The Morgan fingerprint density at radius 3 is 1.19 bits per heavy atom. The number of phenolic OH excluding ortho intramolecular Hbond substituents is 1. The minimum Gasteiger partial charge on any atom is -1.00 e. The van der Waals surface area contributed by atoms with E-state index >= 15 is 0 Å². The summed E-state index contributed by atoms with van der Waals surface area (Å²) in [5.41, 5.74) is 6.08. The average molecular weight is 1450 g/mol. The number of aromatic amines is 3.